The molecule has 0 saturated carbocycles. The first-order valence-corrected chi connectivity index (χ1v) is 8.48. The number of ether oxygens (including phenoxy) is 3. The molecule has 2 aromatic rings. The topological polar surface area (TPSA) is 85.2 Å². The molecule has 26 heavy (non-hydrogen) atoms. The number of esters is 1. The van der Waals surface area contributed by atoms with Gasteiger partial charge in [-0.2, -0.15) is 0 Å². The Morgan fingerprint density at radius 3 is 2.27 bits per heavy atom. The minimum atomic E-state index is -0.250. The maximum Gasteiger partial charge on any atom is 0.309 e. The summed E-state index contributed by atoms with van der Waals surface area (Å²) in [6.45, 7) is 0.375. The molecular weight excluding hydrogens is 336 g/mol. The quantitative estimate of drug-likeness (QED) is 0.805. The van der Waals surface area contributed by atoms with Gasteiger partial charge in [-0.25, -0.2) is 0 Å². The van der Waals surface area contributed by atoms with Gasteiger partial charge in [-0.3, -0.25) is 4.79 Å². The zero-order valence-electron chi connectivity index (χ0n) is 14.6. The van der Waals surface area contributed by atoms with E-state index in [0.717, 1.165) is 22.3 Å². The fourth-order valence-electron chi connectivity index (χ4n) is 3.96. The van der Waals surface area contributed by atoms with E-state index in [1.165, 1.54) is 14.2 Å². The first-order valence-electron chi connectivity index (χ1n) is 8.48. The molecule has 2 N–H and O–H groups in total. The van der Waals surface area contributed by atoms with E-state index in [1.54, 1.807) is 24.3 Å². The predicted molar refractivity (Wildman–Crippen MR) is 93.7 cm³/mol. The van der Waals surface area contributed by atoms with Crippen molar-refractivity contribution in [3.05, 3.63) is 35.4 Å². The van der Waals surface area contributed by atoms with Gasteiger partial charge in [-0.15, -0.1) is 0 Å². The normalized spacial score (nSPS) is 20.9. The van der Waals surface area contributed by atoms with Crippen LogP contribution in [0.4, 0.5) is 0 Å². The predicted octanol–water partition coefficient (Wildman–Crippen LogP) is 2.67. The molecule has 4 rings (SSSR count). The number of fused-ring (bicyclic) bond motifs is 4. The highest BCUT2D eigenvalue weighted by atomic mass is 16.5. The Balaban J connectivity index is 1.97. The molecular formula is C20H20O6. The first-order chi connectivity index (χ1) is 12.5. The van der Waals surface area contributed by atoms with Gasteiger partial charge in [-0.1, -0.05) is 0 Å². The fraction of sp³-hybridized carbons (Fsp3) is 0.350. The summed E-state index contributed by atoms with van der Waals surface area (Å²) in [5, 5.41) is 20.5. The second-order valence-electron chi connectivity index (χ2n) is 6.77. The lowest BCUT2D eigenvalue weighted by molar-refractivity contribution is -0.141. The van der Waals surface area contributed by atoms with Crippen LogP contribution in [0.2, 0.25) is 0 Å². The van der Waals surface area contributed by atoms with Gasteiger partial charge in [-0.05, 0) is 59.4 Å². The highest BCUT2D eigenvalue weighted by molar-refractivity contribution is 5.80. The smallest absolute Gasteiger partial charge is 0.309 e. The largest absolute Gasteiger partial charge is 0.504 e. The molecule has 0 amide bonds. The highest BCUT2D eigenvalue weighted by Crippen LogP contribution is 2.45. The van der Waals surface area contributed by atoms with E-state index in [2.05, 4.69) is 0 Å². The number of carbonyl (C=O) groups is 1. The zero-order valence-corrected chi connectivity index (χ0v) is 14.6. The minimum absolute atomic E-state index is 0.0235. The highest BCUT2D eigenvalue weighted by Gasteiger charge is 2.39. The van der Waals surface area contributed by atoms with Gasteiger partial charge in [0.25, 0.3) is 0 Å². The number of benzene rings is 2. The number of hydrogen-bond acceptors (Lipinski definition) is 6. The van der Waals surface area contributed by atoms with Crippen molar-refractivity contribution in [2.24, 2.45) is 11.8 Å². The third-order valence-electron chi connectivity index (χ3n) is 5.33. The average Bonchev–Trinajstić information content (AvgIpc) is 2.95. The van der Waals surface area contributed by atoms with Gasteiger partial charge in [0.15, 0.2) is 23.0 Å². The summed E-state index contributed by atoms with van der Waals surface area (Å²) in [5.74, 6) is 0.389. The fourth-order valence-corrected chi connectivity index (χ4v) is 3.96. The summed E-state index contributed by atoms with van der Waals surface area (Å²) in [6.07, 6.45) is 1.12. The summed E-state index contributed by atoms with van der Waals surface area (Å²) in [4.78, 5) is 12.2. The summed E-state index contributed by atoms with van der Waals surface area (Å²) in [6, 6.07) is 6.85. The van der Waals surface area contributed by atoms with E-state index in [4.69, 9.17) is 14.2 Å². The van der Waals surface area contributed by atoms with Crippen LogP contribution in [0.3, 0.4) is 0 Å². The van der Waals surface area contributed by atoms with Gasteiger partial charge in [0.2, 0.25) is 0 Å². The lowest BCUT2D eigenvalue weighted by Gasteiger charge is -2.25. The van der Waals surface area contributed by atoms with Crippen molar-refractivity contribution in [1.29, 1.82) is 0 Å². The minimum Gasteiger partial charge on any atom is -0.504 e. The molecule has 0 radical (unpaired) electrons. The number of carbonyl (C=O) groups excluding carboxylic acids is 1. The van der Waals surface area contributed by atoms with Crippen molar-refractivity contribution in [3.63, 3.8) is 0 Å². The van der Waals surface area contributed by atoms with Gasteiger partial charge in [0, 0.05) is 5.92 Å². The van der Waals surface area contributed by atoms with E-state index in [-0.39, 0.29) is 29.3 Å². The molecule has 0 bridgehead atoms. The lowest BCUT2D eigenvalue weighted by Crippen LogP contribution is -2.23. The Hall–Kier alpha value is -2.89. The van der Waals surface area contributed by atoms with Crippen molar-refractivity contribution in [3.8, 4) is 34.1 Å². The van der Waals surface area contributed by atoms with Crippen molar-refractivity contribution in [2.75, 3.05) is 20.8 Å². The van der Waals surface area contributed by atoms with Crippen LogP contribution in [-0.4, -0.2) is 37.0 Å². The molecule has 1 saturated heterocycles. The van der Waals surface area contributed by atoms with Crippen LogP contribution < -0.4 is 9.47 Å². The molecule has 1 aliphatic carbocycles. The second-order valence-corrected chi connectivity index (χ2v) is 6.77. The average molecular weight is 356 g/mol. The second kappa shape index (κ2) is 6.12. The third kappa shape index (κ3) is 2.53. The lowest BCUT2D eigenvalue weighted by atomic mass is 9.78. The summed E-state index contributed by atoms with van der Waals surface area (Å²) in [5.41, 5.74) is 3.45. The maximum atomic E-state index is 12.2. The zero-order chi connectivity index (χ0) is 18.4. The van der Waals surface area contributed by atoms with Crippen molar-refractivity contribution in [1.82, 2.24) is 0 Å². The number of hydrogen-bond donors (Lipinski definition) is 2. The monoisotopic (exact) mass is 356 g/mol. The molecule has 0 aromatic heterocycles. The Labute approximate surface area is 150 Å². The van der Waals surface area contributed by atoms with Crippen LogP contribution >= 0.6 is 0 Å². The third-order valence-corrected chi connectivity index (χ3v) is 5.33. The molecule has 6 nitrogen and oxygen atoms in total. The SMILES string of the molecule is COc1cc2c(cc1O)-c1cc(OC)c(O)cc1C[C@H]1COC(=O)[C@@H]1C2. The Bertz CT molecular complexity index is 888. The van der Waals surface area contributed by atoms with Crippen LogP contribution in [0.25, 0.3) is 11.1 Å². The van der Waals surface area contributed by atoms with Gasteiger partial charge < -0.3 is 24.4 Å². The summed E-state index contributed by atoms with van der Waals surface area (Å²) >= 11 is 0. The molecule has 0 spiro atoms. The van der Waals surface area contributed by atoms with Crippen molar-refractivity contribution in [2.45, 2.75) is 12.8 Å². The van der Waals surface area contributed by atoms with E-state index >= 15 is 0 Å². The molecule has 2 aromatic carbocycles. The number of rotatable bonds is 2. The number of phenols is 2. The molecule has 0 unspecified atom stereocenters. The number of phenolic OH excluding ortho intramolecular Hbond substituents is 2. The standard InChI is InChI=1S/C20H20O6/c1-24-18-6-11-4-15-12(9-26-20(15)23)3-10-5-16(21)19(25-2)8-14(10)13(11)7-17(18)22/h5-8,12,15,21-22H,3-4,9H2,1-2H3/t12-,15+/m0/s1. The molecule has 1 aliphatic heterocycles. The Morgan fingerprint density at radius 1 is 0.923 bits per heavy atom. The van der Waals surface area contributed by atoms with Crippen molar-refractivity contribution < 1.29 is 29.2 Å². The van der Waals surface area contributed by atoms with Gasteiger partial charge in [0.1, 0.15) is 0 Å². The molecule has 136 valence electrons. The first kappa shape index (κ1) is 16.6. The molecule has 1 heterocycles. The molecule has 2 atom stereocenters. The van der Waals surface area contributed by atoms with Crippen molar-refractivity contribution >= 4 is 5.97 Å². The Kier molecular flexibility index (Phi) is 3.90. The van der Waals surface area contributed by atoms with Crippen LogP contribution in [-0.2, 0) is 22.4 Å². The number of cyclic esters (lactones) is 1. The maximum absolute atomic E-state index is 12.2. The van der Waals surface area contributed by atoms with Crippen LogP contribution in [0.5, 0.6) is 23.0 Å². The van der Waals surface area contributed by atoms with Crippen LogP contribution in [0.15, 0.2) is 24.3 Å². The summed E-state index contributed by atoms with van der Waals surface area (Å²) < 4.78 is 15.8. The van der Waals surface area contributed by atoms with E-state index in [1.807, 2.05) is 0 Å². The summed E-state index contributed by atoms with van der Waals surface area (Å²) in [7, 11) is 2.99. The number of methoxy groups -OCH3 is 2. The number of aromatic hydroxyl groups is 2. The molecule has 6 heteroatoms. The van der Waals surface area contributed by atoms with Crippen LogP contribution in [0, 0.1) is 11.8 Å². The van der Waals surface area contributed by atoms with Crippen LogP contribution in [0.1, 0.15) is 11.1 Å². The van der Waals surface area contributed by atoms with E-state index in [9.17, 15) is 15.0 Å². The molecule has 1 fully saturated rings. The van der Waals surface area contributed by atoms with E-state index < -0.39 is 0 Å². The molecule has 2 aliphatic rings. The Morgan fingerprint density at radius 2 is 1.54 bits per heavy atom. The van der Waals surface area contributed by atoms with Gasteiger partial charge >= 0.3 is 5.97 Å². The van der Waals surface area contributed by atoms with Gasteiger partial charge in [0.05, 0.1) is 26.7 Å². The van der Waals surface area contributed by atoms with E-state index in [0.29, 0.717) is 30.9 Å².